The van der Waals surface area contributed by atoms with Gasteiger partial charge < -0.3 is 20.6 Å². The number of fused-ring (bicyclic) bond motifs is 1. The quantitative estimate of drug-likeness (QED) is 0.870. The molecule has 1 aromatic carbocycles. The molecule has 0 aromatic heterocycles. The number of benzene rings is 1. The van der Waals surface area contributed by atoms with Crippen molar-refractivity contribution in [1.29, 1.82) is 0 Å². The van der Waals surface area contributed by atoms with Gasteiger partial charge in [0.2, 0.25) is 5.91 Å². The summed E-state index contributed by atoms with van der Waals surface area (Å²) in [6.07, 6.45) is 0.289. The highest BCUT2D eigenvalue weighted by atomic mass is 16.3. The average Bonchev–Trinajstić information content (AvgIpc) is 2.61. The molecule has 1 amide bonds. The first-order valence-electron chi connectivity index (χ1n) is 7.48. The number of hydrogen-bond donors (Lipinski definition) is 2. The molecule has 2 atom stereocenters. The van der Waals surface area contributed by atoms with Crippen LogP contribution in [-0.4, -0.2) is 44.3 Å². The number of rotatable bonds is 4. The van der Waals surface area contributed by atoms with E-state index in [0.717, 1.165) is 17.9 Å². The number of anilines is 2. The summed E-state index contributed by atoms with van der Waals surface area (Å²) in [5.41, 5.74) is 7.62. The monoisotopic (exact) mass is 291 g/mol. The van der Waals surface area contributed by atoms with Crippen LogP contribution >= 0.6 is 0 Å². The molecule has 1 aromatic rings. The van der Waals surface area contributed by atoms with E-state index in [1.165, 1.54) is 0 Å². The topological polar surface area (TPSA) is 69.8 Å². The van der Waals surface area contributed by atoms with E-state index < -0.39 is 0 Å². The summed E-state index contributed by atoms with van der Waals surface area (Å²) in [5.74, 6) is 0.256. The predicted octanol–water partition coefficient (Wildman–Crippen LogP) is 1.06. The Morgan fingerprint density at radius 1 is 1.38 bits per heavy atom. The SMILES string of the molecule is C[C@H]1CN(C)c2ccccc2N(C(=O)C[C@@H](CN)CO)C1. The number of carbonyl (C=O) groups is 1. The highest BCUT2D eigenvalue weighted by molar-refractivity contribution is 5.97. The molecule has 0 fully saturated rings. The fraction of sp³-hybridized carbons (Fsp3) is 0.562. The van der Waals surface area contributed by atoms with Gasteiger partial charge >= 0.3 is 0 Å². The molecule has 0 bridgehead atoms. The van der Waals surface area contributed by atoms with Crippen molar-refractivity contribution in [3.05, 3.63) is 24.3 Å². The Balaban J connectivity index is 2.28. The van der Waals surface area contributed by atoms with Crippen LogP contribution in [0.1, 0.15) is 13.3 Å². The lowest BCUT2D eigenvalue weighted by molar-refractivity contribution is -0.119. The van der Waals surface area contributed by atoms with Crippen LogP contribution in [0.4, 0.5) is 11.4 Å². The summed E-state index contributed by atoms with van der Waals surface area (Å²) in [5, 5.41) is 9.26. The number of aliphatic hydroxyl groups excluding tert-OH is 1. The van der Waals surface area contributed by atoms with Gasteiger partial charge in [-0.3, -0.25) is 4.79 Å². The van der Waals surface area contributed by atoms with Crippen LogP contribution < -0.4 is 15.5 Å². The maximum Gasteiger partial charge on any atom is 0.227 e. The standard InChI is InChI=1S/C16H25N3O2/c1-12-9-18(2)14-5-3-4-6-15(14)19(10-12)16(21)7-13(8-17)11-20/h3-6,12-13,20H,7-11,17H2,1-2H3/t12-,13-/m0/s1. The van der Waals surface area contributed by atoms with Crippen LogP contribution in [0.2, 0.25) is 0 Å². The molecule has 3 N–H and O–H groups in total. The fourth-order valence-electron chi connectivity index (χ4n) is 2.86. The number of hydrogen-bond acceptors (Lipinski definition) is 4. The van der Waals surface area contributed by atoms with E-state index in [9.17, 15) is 9.90 Å². The second kappa shape index (κ2) is 6.91. The van der Waals surface area contributed by atoms with E-state index in [1.54, 1.807) is 0 Å². The van der Waals surface area contributed by atoms with Gasteiger partial charge in [0.15, 0.2) is 0 Å². The van der Waals surface area contributed by atoms with Gasteiger partial charge in [-0.05, 0) is 24.6 Å². The maximum atomic E-state index is 12.6. The number of para-hydroxylation sites is 2. The van der Waals surface area contributed by atoms with Crippen LogP contribution in [0.5, 0.6) is 0 Å². The van der Waals surface area contributed by atoms with Crippen molar-refractivity contribution in [1.82, 2.24) is 0 Å². The van der Waals surface area contributed by atoms with Crippen molar-refractivity contribution in [2.24, 2.45) is 17.6 Å². The molecular weight excluding hydrogens is 266 g/mol. The molecule has 2 rings (SSSR count). The molecule has 0 aliphatic carbocycles. The number of nitrogens with two attached hydrogens (primary N) is 1. The fourth-order valence-corrected chi connectivity index (χ4v) is 2.86. The second-order valence-corrected chi connectivity index (χ2v) is 5.97. The van der Waals surface area contributed by atoms with Gasteiger partial charge in [0.25, 0.3) is 0 Å². The largest absolute Gasteiger partial charge is 0.396 e. The summed E-state index contributed by atoms with van der Waals surface area (Å²) < 4.78 is 0. The molecule has 0 unspecified atom stereocenters. The van der Waals surface area contributed by atoms with Crippen molar-refractivity contribution in [3.8, 4) is 0 Å². The lowest BCUT2D eigenvalue weighted by Crippen LogP contribution is -2.37. The Kier molecular flexibility index (Phi) is 5.20. The Bertz CT molecular complexity index is 488. The third kappa shape index (κ3) is 3.54. The van der Waals surface area contributed by atoms with E-state index in [-0.39, 0.29) is 24.9 Å². The number of carbonyl (C=O) groups excluding carboxylic acids is 1. The molecular formula is C16H25N3O2. The van der Waals surface area contributed by atoms with Gasteiger partial charge in [-0.15, -0.1) is 0 Å². The van der Waals surface area contributed by atoms with Crippen molar-refractivity contribution in [2.45, 2.75) is 13.3 Å². The first kappa shape index (κ1) is 15.8. The van der Waals surface area contributed by atoms with Crippen LogP contribution in [0.3, 0.4) is 0 Å². The number of aliphatic hydroxyl groups is 1. The van der Waals surface area contributed by atoms with Gasteiger partial charge in [0.05, 0.1) is 11.4 Å². The van der Waals surface area contributed by atoms with Crippen LogP contribution in [-0.2, 0) is 4.79 Å². The van der Waals surface area contributed by atoms with Gasteiger partial charge in [-0.2, -0.15) is 0 Å². The van der Waals surface area contributed by atoms with E-state index in [4.69, 9.17) is 5.73 Å². The predicted molar refractivity (Wildman–Crippen MR) is 85.5 cm³/mol. The minimum Gasteiger partial charge on any atom is -0.396 e. The molecule has 1 aliphatic heterocycles. The Morgan fingerprint density at radius 3 is 2.67 bits per heavy atom. The van der Waals surface area contributed by atoms with Gasteiger partial charge in [-0.25, -0.2) is 0 Å². The van der Waals surface area contributed by atoms with E-state index >= 15 is 0 Å². The van der Waals surface area contributed by atoms with Crippen molar-refractivity contribution >= 4 is 17.3 Å². The van der Waals surface area contributed by atoms with Crippen molar-refractivity contribution < 1.29 is 9.90 Å². The van der Waals surface area contributed by atoms with Gasteiger partial charge in [0.1, 0.15) is 0 Å². The zero-order valence-electron chi connectivity index (χ0n) is 12.8. The Morgan fingerprint density at radius 2 is 2.05 bits per heavy atom. The first-order valence-corrected chi connectivity index (χ1v) is 7.48. The van der Waals surface area contributed by atoms with Gasteiger partial charge in [0, 0.05) is 39.1 Å². The highest BCUT2D eigenvalue weighted by Crippen LogP contribution is 2.33. The third-order valence-corrected chi connectivity index (χ3v) is 4.02. The Hall–Kier alpha value is -1.59. The molecule has 1 aliphatic rings. The molecule has 0 saturated heterocycles. The van der Waals surface area contributed by atoms with Crippen LogP contribution in [0.15, 0.2) is 24.3 Å². The number of nitrogens with zero attached hydrogens (tertiary/aromatic N) is 2. The summed E-state index contributed by atoms with van der Waals surface area (Å²) in [7, 11) is 2.06. The lowest BCUT2D eigenvalue weighted by Gasteiger charge is -2.26. The minimum absolute atomic E-state index is 0.0362. The van der Waals surface area contributed by atoms with Crippen LogP contribution in [0, 0.1) is 11.8 Å². The Labute approximate surface area is 126 Å². The van der Waals surface area contributed by atoms with E-state index in [0.29, 0.717) is 19.0 Å². The highest BCUT2D eigenvalue weighted by Gasteiger charge is 2.27. The second-order valence-electron chi connectivity index (χ2n) is 5.97. The smallest absolute Gasteiger partial charge is 0.227 e. The minimum atomic E-state index is -0.166. The summed E-state index contributed by atoms with van der Waals surface area (Å²) in [6, 6.07) is 7.97. The molecule has 1 heterocycles. The van der Waals surface area contributed by atoms with Gasteiger partial charge in [-0.1, -0.05) is 19.1 Å². The first-order chi connectivity index (χ1) is 10.1. The van der Waals surface area contributed by atoms with E-state index in [1.807, 2.05) is 29.2 Å². The number of amides is 1. The maximum absolute atomic E-state index is 12.6. The molecule has 5 nitrogen and oxygen atoms in total. The van der Waals surface area contributed by atoms with Crippen molar-refractivity contribution in [2.75, 3.05) is 43.1 Å². The third-order valence-electron chi connectivity index (χ3n) is 4.02. The molecule has 0 saturated carbocycles. The zero-order valence-corrected chi connectivity index (χ0v) is 12.8. The summed E-state index contributed by atoms with van der Waals surface area (Å²) in [6.45, 7) is 4.04. The lowest BCUT2D eigenvalue weighted by atomic mass is 10.0. The zero-order chi connectivity index (χ0) is 15.4. The van der Waals surface area contributed by atoms with E-state index in [2.05, 4.69) is 18.9 Å². The molecule has 0 spiro atoms. The summed E-state index contributed by atoms with van der Waals surface area (Å²) >= 11 is 0. The molecule has 5 heteroatoms. The molecule has 116 valence electrons. The average molecular weight is 291 g/mol. The van der Waals surface area contributed by atoms with Crippen LogP contribution in [0.25, 0.3) is 0 Å². The summed E-state index contributed by atoms with van der Waals surface area (Å²) in [4.78, 5) is 16.7. The van der Waals surface area contributed by atoms with Crippen molar-refractivity contribution in [3.63, 3.8) is 0 Å². The molecule has 0 radical (unpaired) electrons. The molecule has 21 heavy (non-hydrogen) atoms. The normalized spacial score (nSPS) is 19.9.